The molecule has 0 aliphatic carbocycles. The van der Waals surface area contributed by atoms with Gasteiger partial charge in [-0.2, -0.15) is 5.26 Å². The maximum Gasteiger partial charge on any atom is 0.313 e. The van der Waals surface area contributed by atoms with Gasteiger partial charge in [-0.05, 0) is 25.5 Å². The third-order valence-electron chi connectivity index (χ3n) is 2.19. The average Bonchev–Trinajstić information content (AvgIpc) is 2.28. The number of nitrogens with zero attached hydrogens (tertiary/aromatic N) is 1. The number of benzene rings is 1. The molecule has 1 rings (SSSR count). The van der Waals surface area contributed by atoms with E-state index in [0.29, 0.717) is 12.2 Å². The number of nitriles is 1. The zero-order valence-electron chi connectivity index (χ0n) is 8.86. The van der Waals surface area contributed by atoms with E-state index in [1.807, 2.05) is 6.07 Å². The Morgan fingerprint density at radius 1 is 1.53 bits per heavy atom. The molecule has 1 aromatic carbocycles. The van der Waals surface area contributed by atoms with E-state index in [1.165, 1.54) is 0 Å². The molecule has 0 spiro atoms. The summed E-state index contributed by atoms with van der Waals surface area (Å²) in [4.78, 5) is 11.5. The van der Waals surface area contributed by atoms with E-state index in [9.17, 15) is 4.79 Å². The Bertz CT molecular complexity index is 393. The van der Waals surface area contributed by atoms with Crippen molar-refractivity contribution in [1.29, 1.82) is 5.26 Å². The van der Waals surface area contributed by atoms with Crippen molar-refractivity contribution in [3.63, 3.8) is 0 Å². The van der Waals surface area contributed by atoms with Gasteiger partial charge in [0.25, 0.3) is 0 Å². The summed E-state index contributed by atoms with van der Waals surface area (Å²) in [7, 11) is 0. The van der Waals surface area contributed by atoms with Crippen LogP contribution in [-0.4, -0.2) is 12.6 Å². The first kappa shape index (κ1) is 11.3. The van der Waals surface area contributed by atoms with Gasteiger partial charge in [-0.3, -0.25) is 4.79 Å². The summed E-state index contributed by atoms with van der Waals surface area (Å²) in [6, 6.07) is 9.13. The normalized spacial score (nSPS) is 11.5. The Morgan fingerprint density at radius 3 is 2.80 bits per heavy atom. The smallest absolute Gasteiger partial charge is 0.313 e. The van der Waals surface area contributed by atoms with Crippen LogP contribution in [0, 0.1) is 11.3 Å². The van der Waals surface area contributed by atoms with E-state index in [0.717, 1.165) is 5.56 Å². The monoisotopic (exact) mass is 203 g/mol. The van der Waals surface area contributed by atoms with Gasteiger partial charge >= 0.3 is 5.97 Å². The first-order chi connectivity index (χ1) is 7.20. The van der Waals surface area contributed by atoms with Gasteiger partial charge in [-0.1, -0.05) is 18.2 Å². The van der Waals surface area contributed by atoms with Gasteiger partial charge in [0.05, 0.1) is 24.2 Å². The van der Waals surface area contributed by atoms with Crippen LogP contribution in [0.5, 0.6) is 0 Å². The molecule has 0 N–H and O–H groups in total. The summed E-state index contributed by atoms with van der Waals surface area (Å²) in [5.41, 5.74) is 1.25. The van der Waals surface area contributed by atoms with E-state index >= 15 is 0 Å². The average molecular weight is 203 g/mol. The SMILES string of the molecule is CCOC(=O)[C@@H](C)c1ccccc1C#N. The zero-order chi connectivity index (χ0) is 11.3. The number of carbonyl (C=O) groups excluding carboxylic acids is 1. The molecule has 78 valence electrons. The number of hydrogen-bond acceptors (Lipinski definition) is 3. The van der Waals surface area contributed by atoms with Crippen LogP contribution >= 0.6 is 0 Å². The van der Waals surface area contributed by atoms with Crippen molar-refractivity contribution in [2.45, 2.75) is 19.8 Å². The molecule has 0 aromatic heterocycles. The van der Waals surface area contributed by atoms with E-state index < -0.39 is 0 Å². The molecule has 3 nitrogen and oxygen atoms in total. The highest BCUT2D eigenvalue weighted by Gasteiger charge is 2.18. The maximum absolute atomic E-state index is 11.5. The lowest BCUT2D eigenvalue weighted by molar-refractivity contribution is -0.144. The van der Waals surface area contributed by atoms with Gasteiger partial charge in [0, 0.05) is 0 Å². The van der Waals surface area contributed by atoms with Crippen LogP contribution in [0.25, 0.3) is 0 Å². The van der Waals surface area contributed by atoms with E-state index in [1.54, 1.807) is 32.0 Å². The minimum atomic E-state index is -0.388. The molecule has 3 heteroatoms. The standard InChI is InChI=1S/C12H13NO2/c1-3-15-12(14)9(2)11-7-5-4-6-10(11)8-13/h4-7,9H,3H2,1-2H3/t9-/m0/s1. The second-order valence-corrected chi connectivity index (χ2v) is 3.17. The van der Waals surface area contributed by atoms with Crippen LogP contribution < -0.4 is 0 Å². The lowest BCUT2D eigenvalue weighted by Gasteiger charge is -2.11. The number of hydrogen-bond donors (Lipinski definition) is 0. The fourth-order valence-electron chi connectivity index (χ4n) is 1.37. The molecule has 0 heterocycles. The van der Waals surface area contributed by atoms with Crippen LogP contribution in [0.3, 0.4) is 0 Å². The highest BCUT2D eigenvalue weighted by atomic mass is 16.5. The third kappa shape index (κ3) is 2.57. The molecule has 0 aliphatic rings. The first-order valence-electron chi connectivity index (χ1n) is 4.86. The van der Waals surface area contributed by atoms with Crippen molar-refractivity contribution < 1.29 is 9.53 Å². The van der Waals surface area contributed by atoms with Crippen LogP contribution in [0.1, 0.15) is 30.9 Å². The van der Waals surface area contributed by atoms with Gasteiger partial charge in [-0.15, -0.1) is 0 Å². The molecule has 15 heavy (non-hydrogen) atoms. The lowest BCUT2D eigenvalue weighted by atomic mass is 9.96. The van der Waals surface area contributed by atoms with Gasteiger partial charge in [0.15, 0.2) is 0 Å². The summed E-state index contributed by atoms with van der Waals surface area (Å²) in [6.07, 6.45) is 0. The molecule has 1 atom stereocenters. The van der Waals surface area contributed by atoms with Crippen molar-refractivity contribution in [3.8, 4) is 6.07 Å². The minimum Gasteiger partial charge on any atom is -0.466 e. The Hall–Kier alpha value is -1.82. The Morgan fingerprint density at radius 2 is 2.20 bits per heavy atom. The second-order valence-electron chi connectivity index (χ2n) is 3.17. The largest absolute Gasteiger partial charge is 0.466 e. The van der Waals surface area contributed by atoms with Crippen LogP contribution in [0.15, 0.2) is 24.3 Å². The third-order valence-corrected chi connectivity index (χ3v) is 2.19. The lowest BCUT2D eigenvalue weighted by Crippen LogP contribution is -2.14. The fraction of sp³-hybridized carbons (Fsp3) is 0.333. The molecule has 0 aliphatic heterocycles. The zero-order valence-corrected chi connectivity index (χ0v) is 8.86. The van der Waals surface area contributed by atoms with E-state index in [2.05, 4.69) is 6.07 Å². The molecular formula is C12H13NO2. The quantitative estimate of drug-likeness (QED) is 0.708. The fourth-order valence-corrected chi connectivity index (χ4v) is 1.37. The maximum atomic E-state index is 11.5. The highest BCUT2D eigenvalue weighted by Crippen LogP contribution is 2.20. The van der Waals surface area contributed by atoms with Gasteiger partial charge < -0.3 is 4.74 Å². The molecule has 0 bridgehead atoms. The molecule has 0 unspecified atom stereocenters. The number of ether oxygens (including phenoxy) is 1. The Labute approximate surface area is 89.3 Å². The molecule has 1 aromatic rings. The molecule has 0 radical (unpaired) electrons. The predicted octanol–water partition coefficient (Wildman–Crippen LogP) is 2.22. The van der Waals surface area contributed by atoms with Crippen LogP contribution in [-0.2, 0) is 9.53 Å². The molecule has 0 amide bonds. The van der Waals surface area contributed by atoms with Gasteiger partial charge in [0.1, 0.15) is 0 Å². The van der Waals surface area contributed by atoms with Crippen molar-refractivity contribution >= 4 is 5.97 Å². The Balaban J connectivity index is 2.96. The summed E-state index contributed by atoms with van der Waals surface area (Å²) < 4.78 is 4.91. The Kier molecular flexibility index (Phi) is 3.87. The summed E-state index contributed by atoms with van der Waals surface area (Å²) in [5, 5.41) is 8.88. The predicted molar refractivity (Wildman–Crippen MR) is 56.2 cm³/mol. The first-order valence-corrected chi connectivity index (χ1v) is 4.86. The molecule has 0 fully saturated rings. The summed E-state index contributed by atoms with van der Waals surface area (Å²) in [6.45, 7) is 3.87. The van der Waals surface area contributed by atoms with Gasteiger partial charge in [0.2, 0.25) is 0 Å². The number of esters is 1. The highest BCUT2D eigenvalue weighted by molar-refractivity contribution is 5.78. The van der Waals surface area contributed by atoms with Gasteiger partial charge in [-0.25, -0.2) is 0 Å². The van der Waals surface area contributed by atoms with E-state index in [4.69, 9.17) is 10.00 Å². The van der Waals surface area contributed by atoms with Crippen LogP contribution in [0.4, 0.5) is 0 Å². The summed E-state index contributed by atoms with van der Waals surface area (Å²) >= 11 is 0. The van der Waals surface area contributed by atoms with Crippen molar-refractivity contribution in [1.82, 2.24) is 0 Å². The summed E-state index contributed by atoms with van der Waals surface area (Å²) in [5.74, 6) is -0.680. The topological polar surface area (TPSA) is 50.1 Å². The second kappa shape index (κ2) is 5.16. The molecular weight excluding hydrogens is 190 g/mol. The number of rotatable bonds is 3. The van der Waals surface area contributed by atoms with Crippen molar-refractivity contribution in [2.24, 2.45) is 0 Å². The number of carbonyl (C=O) groups is 1. The van der Waals surface area contributed by atoms with Crippen molar-refractivity contribution in [2.75, 3.05) is 6.61 Å². The minimum absolute atomic E-state index is 0.291. The molecule has 0 saturated heterocycles. The van der Waals surface area contributed by atoms with Crippen molar-refractivity contribution in [3.05, 3.63) is 35.4 Å². The molecule has 0 saturated carbocycles. The van der Waals surface area contributed by atoms with E-state index in [-0.39, 0.29) is 11.9 Å². The van der Waals surface area contributed by atoms with Crippen LogP contribution in [0.2, 0.25) is 0 Å².